The van der Waals surface area contributed by atoms with Crippen LogP contribution in [0, 0.1) is 30.6 Å². The molecule has 0 radical (unpaired) electrons. The van der Waals surface area contributed by atoms with E-state index in [9.17, 15) is 4.79 Å². The molecule has 0 aliphatic heterocycles. The van der Waals surface area contributed by atoms with Crippen molar-refractivity contribution in [2.45, 2.75) is 12.8 Å². The summed E-state index contributed by atoms with van der Waals surface area (Å²) in [5.41, 5.74) is 0. The predicted molar refractivity (Wildman–Crippen MR) is 48.7 cm³/mol. The van der Waals surface area contributed by atoms with Crippen LogP contribution in [0.5, 0.6) is 0 Å². The Morgan fingerprint density at radius 1 is 1.38 bits per heavy atom. The molecule has 13 heavy (non-hydrogen) atoms. The summed E-state index contributed by atoms with van der Waals surface area (Å²) in [6, 6.07) is 0. The Balaban J connectivity index is 3.77. The zero-order valence-electron chi connectivity index (χ0n) is 7.58. The molecule has 0 aromatic rings. The molecule has 0 atom stereocenters. The zero-order chi connectivity index (χ0) is 10.1. The lowest BCUT2D eigenvalue weighted by atomic mass is 10.0. The van der Waals surface area contributed by atoms with Crippen LogP contribution in [0.4, 0.5) is 4.79 Å². The number of carbonyl (C=O) groups excluding carboxylic acids is 1. The second-order valence-electron chi connectivity index (χ2n) is 2.45. The Labute approximate surface area is 78.4 Å². The maximum absolute atomic E-state index is 10.6. The van der Waals surface area contributed by atoms with Gasteiger partial charge in [-0.2, -0.15) is 0 Å². The number of methoxy groups -OCH3 is 1. The number of terminal acetylenes is 2. The third kappa shape index (κ3) is 5.64. The van der Waals surface area contributed by atoms with Crippen LogP contribution in [0.2, 0.25) is 0 Å². The molecule has 0 aromatic carbocycles. The Kier molecular flexibility index (Phi) is 6.19. The summed E-state index contributed by atoms with van der Waals surface area (Å²) in [6.45, 7) is 0.209. The van der Waals surface area contributed by atoms with Gasteiger partial charge in [0.2, 0.25) is 0 Å². The summed E-state index contributed by atoms with van der Waals surface area (Å²) < 4.78 is 9.00. The van der Waals surface area contributed by atoms with Gasteiger partial charge in [-0.25, -0.2) is 4.79 Å². The lowest BCUT2D eigenvalue weighted by Crippen LogP contribution is -2.13. The molecule has 0 aliphatic carbocycles. The molecular formula is C10H12O3. The highest BCUT2D eigenvalue weighted by atomic mass is 16.7. The van der Waals surface area contributed by atoms with Crippen LogP contribution in [0.1, 0.15) is 12.8 Å². The SMILES string of the molecule is C#CCC(CC#C)COC(=O)OC. The average molecular weight is 180 g/mol. The summed E-state index contributed by atoms with van der Waals surface area (Å²) in [5, 5.41) is 0. The number of hydrogen-bond acceptors (Lipinski definition) is 3. The Morgan fingerprint density at radius 3 is 2.31 bits per heavy atom. The fourth-order valence-corrected chi connectivity index (χ4v) is 0.768. The zero-order valence-corrected chi connectivity index (χ0v) is 7.58. The van der Waals surface area contributed by atoms with Crippen molar-refractivity contribution in [3.05, 3.63) is 0 Å². The molecule has 3 nitrogen and oxygen atoms in total. The normalized spacial score (nSPS) is 8.62. The molecule has 0 aromatic heterocycles. The lowest BCUT2D eigenvalue weighted by Gasteiger charge is -2.10. The molecular weight excluding hydrogens is 168 g/mol. The van der Waals surface area contributed by atoms with Gasteiger partial charge in [-0.05, 0) is 0 Å². The van der Waals surface area contributed by atoms with E-state index >= 15 is 0 Å². The molecule has 0 rings (SSSR count). The fourth-order valence-electron chi connectivity index (χ4n) is 0.768. The van der Waals surface area contributed by atoms with Gasteiger partial charge in [-0.3, -0.25) is 0 Å². The van der Waals surface area contributed by atoms with E-state index in [4.69, 9.17) is 17.6 Å². The Bertz CT molecular complexity index is 216. The van der Waals surface area contributed by atoms with Gasteiger partial charge in [-0.15, -0.1) is 24.7 Å². The summed E-state index contributed by atoms with van der Waals surface area (Å²) in [7, 11) is 1.25. The first kappa shape index (κ1) is 11.4. The number of ether oxygens (including phenoxy) is 2. The highest BCUT2D eigenvalue weighted by Crippen LogP contribution is 2.07. The van der Waals surface area contributed by atoms with Crippen LogP contribution in [-0.4, -0.2) is 19.9 Å². The molecule has 0 spiro atoms. The van der Waals surface area contributed by atoms with E-state index in [1.807, 2.05) is 0 Å². The van der Waals surface area contributed by atoms with Crippen LogP contribution in [0.15, 0.2) is 0 Å². The van der Waals surface area contributed by atoms with E-state index in [2.05, 4.69) is 16.6 Å². The van der Waals surface area contributed by atoms with Crippen molar-refractivity contribution in [1.29, 1.82) is 0 Å². The van der Waals surface area contributed by atoms with Crippen molar-refractivity contribution >= 4 is 6.16 Å². The van der Waals surface area contributed by atoms with Gasteiger partial charge in [0.05, 0.1) is 13.7 Å². The second kappa shape index (κ2) is 7.06. The van der Waals surface area contributed by atoms with Crippen LogP contribution in [0.3, 0.4) is 0 Å². The minimum atomic E-state index is -0.709. The van der Waals surface area contributed by atoms with Gasteiger partial charge in [0.1, 0.15) is 0 Å². The average Bonchev–Trinajstić information content (AvgIpc) is 2.14. The molecule has 0 N–H and O–H groups in total. The maximum atomic E-state index is 10.6. The quantitative estimate of drug-likeness (QED) is 0.485. The van der Waals surface area contributed by atoms with Gasteiger partial charge >= 0.3 is 6.16 Å². The summed E-state index contributed by atoms with van der Waals surface area (Å²) in [4.78, 5) is 10.6. The third-order valence-electron chi connectivity index (χ3n) is 1.42. The monoisotopic (exact) mass is 180 g/mol. The predicted octanol–water partition coefficient (Wildman–Crippen LogP) is 1.43. The first-order valence-corrected chi connectivity index (χ1v) is 3.82. The summed E-state index contributed by atoms with van der Waals surface area (Å²) in [6.07, 6.45) is 10.5. The molecule has 0 bridgehead atoms. The summed E-state index contributed by atoms with van der Waals surface area (Å²) >= 11 is 0. The minimum Gasteiger partial charge on any atom is -0.438 e. The van der Waals surface area contributed by atoms with E-state index < -0.39 is 6.16 Å². The topological polar surface area (TPSA) is 35.5 Å². The molecule has 70 valence electrons. The summed E-state index contributed by atoms with van der Waals surface area (Å²) in [5.74, 6) is 4.96. The van der Waals surface area contributed by atoms with E-state index in [-0.39, 0.29) is 12.5 Å². The molecule has 0 saturated heterocycles. The van der Waals surface area contributed by atoms with Gasteiger partial charge in [0.25, 0.3) is 0 Å². The molecule has 0 amide bonds. The van der Waals surface area contributed by atoms with Crippen molar-refractivity contribution in [1.82, 2.24) is 0 Å². The largest absolute Gasteiger partial charge is 0.507 e. The molecule has 0 fully saturated rings. The van der Waals surface area contributed by atoms with E-state index in [1.165, 1.54) is 7.11 Å². The van der Waals surface area contributed by atoms with E-state index in [1.54, 1.807) is 0 Å². The van der Waals surface area contributed by atoms with E-state index in [0.717, 1.165) is 0 Å². The smallest absolute Gasteiger partial charge is 0.438 e. The number of carbonyl (C=O) groups is 1. The Morgan fingerprint density at radius 2 is 1.92 bits per heavy atom. The fraction of sp³-hybridized carbons (Fsp3) is 0.500. The van der Waals surface area contributed by atoms with Crippen LogP contribution >= 0.6 is 0 Å². The van der Waals surface area contributed by atoms with Crippen LogP contribution in [-0.2, 0) is 9.47 Å². The van der Waals surface area contributed by atoms with Crippen LogP contribution in [0.25, 0.3) is 0 Å². The van der Waals surface area contributed by atoms with Crippen LogP contribution < -0.4 is 0 Å². The Hall–Kier alpha value is -1.61. The van der Waals surface area contributed by atoms with Crippen molar-refractivity contribution in [3.63, 3.8) is 0 Å². The first-order chi connectivity index (χ1) is 6.24. The maximum Gasteiger partial charge on any atom is 0.507 e. The minimum absolute atomic E-state index is 0.0223. The van der Waals surface area contributed by atoms with Gasteiger partial charge < -0.3 is 9.47 Å². The standard InChI is InChI=1S/C10H12O3/c1-4-6-9(7-5-2)8-13-10(11)12-3/h1-2,9H,6-8H2,3H3. The van der Waals surface area contributed by atoms with Gasteiger partial charge in [0.15, 0.2) is 0 Å². The molecule has 0 unspecified atom stereocenters. The number of hydrogen-bond donors (Lipinski definition) is 0. The molecule has 0 saturated carbocycles. The van der Waals surface area contributed by atoms with E-state index in [0.29, 0.717) is 12.8 Å². The highest BCUT2D eigenvalue weighted by Gasteiger charge is 2.09. The lowest BCUT2D eigenvalue weighted by molar-refractivity contribution is 0.0610. The molecule has 0 aliphatic rings. The first-order valence-electron chi connectivity index (χ1n) is 3.82. The third-order valence-corrected chi connectivity index (χ3v) is 1.42. The highest BCUT2D eigenvalue weighted by molar-refractivity contribution is 5.59. The molecule has 0 heterocycles. The van der Waals surface area contributed by atoms with Crippen molar-refractivity contribution in [2.75, 3.05) is 13.7 Å². The van der Waals surface area contributed by atoms with Crippen molar-refractivity contribution in [3.8, 4) is 24.7 Å². The molecule has 3 heteroatoms. The number of rotatable bonds is 4. The van der Waals surface area contributed by atoms with Crippen molar-refractivity contribution < 1.29 is 14.3 Å². The van der Waals surface area contributed by atoms with Gasteiger partial charge in [-0.1, -0.05) is 0 Å². The van der Waals surface area contributed by atoms with Gasteiger partial charge in [0, 0.05) is 18.8 Å². The second-order valence-corrected chi connectivity index (χ2v) is 2.45. The van der Waals surface area contributed by atoms with Crippen molar-refractivity contribution in [2.24, 2.45) is 5.92 Å².